The van der Waals surface area contributed by atoms with Crippen molar-refractivity contribution in [1.82, 2.24) is 4.98 Å². The minimum Gasteiger partial charge on any atom is -0.383 e. The molecule has 0 unspecified atom stereocenters. The maximum atomic E-state index is 5.58. The summed E-state index contributed by atoms with van der Waals surface area (Å²) in [6.45, 7) is 3.90. The second kappa shape index (κ2) is 2.70. The minimum absolute atomic E-state index is 0.496. The lowest BCUT2D eigenvalue weighted by Gasteiger charge is -2.01. The SMILES string of the molecule is Cc1cc(C=[NH2+])c(N)nc1C. The molecule has 4 N–H and O–H groups in total. The van der Waals surface area contributed by atoms with Gasteiger partial charge in [0.05, 0.1) is 5.56 Å². The number of nitrogens with two attached hydrogens (primary N) is 2. The first-order valence-corrected chi connectivity index (χ1v) is 3.44. The minimum atomic E-state index is 0.496. The van der Waals surface area contributed by atoms with Gasteiger partial charge in [-0.1, -0.05) is 0 Å². The van der Waals surface area contributed by atoms with Crippen molar-refractivity contribution >= 4 is 12.0 Å². The third-order valence-corrected chi connectivity index (χ3v) is 1.71. The molecule has 1 aromatic rings. The molecule has 0 spiro atoms. The molecule has 0 radical (unpaired) electrons. The molecule has 3 heteroatoms. The van der Waals surface area contributed by atoms with Gasteiger partial charge in [-0.2, -0.15) is 0 Å². The lowest BCUT2D eigenvalue weighted by Crippen LogP contribution is -2.30. The number of hydrogen-bond donors (Lipinski definition) is 2. The lowest BCUT2D eigenvalue weighted by atomic mass is 10.1. The van der Waals surface area contributed by atoms with Crippen molar-refractivity contribution in [3.63, 3.8) is 0 Å². The van der Waals surface area contributed by atoms with E-state index in [-0.39, 0.29) is 0 Å². The van der Waals surface area contributed by atoms with Crippen LogP contribution in [0.15, 0.2) is 6.07 Å². The van der Waals surface area contributed by atoms with Gasteiger partial charge >= 0.3 is 0 Å². The Bertz CT molecular complexity index is 292. The van der Waals surface area contributed by atoms with Gasteiger partial charge in [-0.3, -0.25) is 5.41 Å². The molecule has 0 aromatic carbocycles. The number of aryl methyl sites for hydroxylation is 2. The zero-order valence-electron chi connectivity index (χ0n) is 6.76. The van der Waals surface area contributed by atoms with Crippen LogP contribution in [0.5, 0.6) is 0 Å². The van der Waals surface area contributed by atoms with Crippen LogP contribution in [0.1, 0.15) is 16.8 Å². The van der Waals surface area contributed by atoms with Crippen LogP contribution in [0.3, 0.4) is 0 Å². The van der Waals surface area contributed by atoms with Crippen LogP contribution in [-0.2, 0) is 0 Å². The molecule has 1 rings (SSSR count). The van der Waals surface area contributed by atoms with Crippen LogP contribution >= 0.6 is 0 Å². The van der Waals surface area contributed by atoms with Crippen molar-refractivity contribution in [2.24, 2.45) is 0 Å². The lowest BCUT2D eigenvalue weighted by molar-refractivity contribution is -0.104. The summed E-state index contributed by atoms with van der Waals surface area (Å²) in [6.07, 6.45) is 1.47. The van der Waals surface area contributed by atoms with Crippen molar-refractivity contribution in [3.05, 3.63) is 22.9 Å². The summed E-state index contributed by atoms with van der Waals surface area (Å²) in [5, 5.41) is 5.32. The van der Waals surface area contributed by atoms with Gasteiger partial charge in [-0.05, 0) is 25.5 Å². The Hall–Kier alpha value is -1.38. The Kier molecular flexibility index (Phi) is 1.89. The normalized spacial score (nSPS) is 9.64. The average Bonchev–Trinajstić information content (AvgIpc) is 1.97. The summed E-state index contributed by atoms with van der Waals surface area (Å²) in [5.41, 5.74) is 8.44. The van der Waals surface area contributed by atoms with E-state index in [0.29, 0.717) is 5.82 Å². The fourth-order valence-electron chi connectivity index (χ4n) is 0.879. The van der Waals surface area contributed by atoms with E-state index in [9.17, 15) is 0 Å². The van der Waals surface area contributed by atoms with E-state index >= 15 is 0 Å². The van der Waals surface area contributed by atoms with Gasteiger partial charge < -0.3 is 5.73 Å². The Morgan fingerprint density at radius 1 is 1.55 bits per heavy atom. The number of nitrogen functional groups attached to an aromatic ring is 1. The summed E-state index contributed by atoms with van der Waals surface area (Å²) in [7, 11) is 0. The third kappa shape index (κ3) is 1.37. The van der Waals surface area contributed by atoms with Gasteiger partial charge in [0.2, 0.25) is 0 Å². The number of hydrogen-bond acceptors (Lipinski definition) is 2. The van der Waals surface area contributed by atoms with Crippen LogP contribution in [0.2, 0.25) is 0 Å². The van der Waals surface area contributed by atoms with E-state index in [2.05, 4.69) is 4.98 Å². The molecule has 0 aliphatic rings. The molecule has 0 saturated heterocycles. The first kappa shape index (κ1) is 7.72. The molecule has 1 heterocycles. The summed E-state index contributed by atoms with van der Waals surface area (Å²) in [5.74, 6) is 0.496. The third-order valence-electron chi connectivity index (χ3n) is 1.71. The van der Waals surface area contributed by atoms with Crippen molar-refractivity contribution in [2.45, 2.75) is 13.8 Å². The van der Waals surface area contributed by atoms with Crippen LogP contribution < -0.4 is 11.1 Å². The standard InChI is InChI=1S/C8H11N3/c1-5-3-7(4-9)8(10)11-6(5)2/h3-4,9H,1-2H3,(H2,10,11)/p+1. The molecule has 0 fully saturated rings. The molecule has 0 bridgehead atoms. The van der Waals surface area contributed by atoms with Gasteiger partial charge in [0.1, 0.15) is 5.82 Å². The molecular formula is C8H12N3+. The highest BCUT2D eigenvalue weighted by Gasteiger charge is 2.02. The molecular weight excluding hydrogens is 138 g/mol. The van der Waals surface area contributed by atoms with E-state index in [1.54, 1.807) is 0 Å². The largest absolute Gasteiger partial charge is 0.383 e. The Balaban J connectivity index is 3.31. The highest BCUT2D eigenvalue weighted by molar-refractivity contribution is 5.81. The number of anilines is 1. The number of aromatic nitrogens is 1. The predicted molar refractivity (Wildman–Crippen MR) is 45.2 cm³/mol. The molecule has 11 heavy (non-hydrogen) atoms. The van der Waals surface area contributed by atoms with Crippen LogP contribution in [0.25, 0.3) is 0 Å². The summed E-state index contributed by atoms with van der Waals surface area (Å²) in [6, 6.07) is 1.93. The number of pyridine rings is 1. The Morgan fingerprint density at radius 3 is 2.73 bits per heavy atom. The first-order valence-electron chi connectivity index (χ1n) is 3.44. The molecule has 0 aliphatic heterocycles. The monoisotopic (exact) mass is 150 g/mol. The van der Waals surface area contributed by atoms with Gasteiger partial charge in [0.25, 0.3) is 0 Å². The van der Waals surface area contributed by atoms with E-state index in [0.717, 1.165) is 16.8 Å². The topological polar surface area (TPSA) is 64.5 Å². The Morgan fingerprint density at radius 2 is 2.18 bits per heavy atom. The van der Waals surface area contributed by atoms with Gasteiger partial charge in [0, 0.05) is 5.69 Å². The van der Waals surface area contributed by atoms with Crippen LogP contribution in [0.4, 0.5) is 5.82 Å². The van der Waals surface area contributed by atoms with Crippen molar-refractivity contribution in [2.75, 3.05) is 5.73 Å². The highest BCUT2D eigenvalue weighted by Crippen LogP contribution is 2.10. The molecule has 0 amide bonds. The highest BCUT2D eigenvalue weighted by atomic mass is 14.8. The van der Waals surface area contributed by atoms with Gasteiger partial charge in [-0.15, -0.1) is 0 Å². The maximum Gasteiger partial charge on any atom is 0.171 e. The quantitative estimate of drug-likeness (QED) is 0.528. The smallest absolute Gasteiger partial charge is 0.171 e. The maximum absolute atomic E-state index is 5.58. The van der Waals surface area contributed by atoms with Crippen LogP contribution in [0, 0.1) is 13.8 Å². The van der Waals surface area contributed by atoms with Crippen LogP contribution in [-0.4, -0.2) is 11.2 Å². The Labute approximate surface area is 65.8 Å². The second-order valence-electron chi connectivity index (χ2n) is 2.53. The van der Waals surface area contributed by atoms with E-state index in [4.69, 9.17) is 11.1 Å². The molecule has 3 nitrogen and oxygen atoms in total. The van der Waals surface area contributed by atoms with Crippen molar-refractivity contribution in [1.29, 1.82) is 0 Å². The summed E-state index contributed by atoms with van der Waals surface area (Å²) in [4.78, 5) is 4.11. The fourth-order valence-corrected chi connectivity index (χ4v) is 0.879. The average molecular weight is 150 g/mol. The van der Waals surface area contributed by atoms with E-state index in [1.165, 1.54) is 6.21 Å². The van der Waals surface area contributed by atoms with E-state index in [1.807, 2.05) is 19.9 Å². The van der Waals surface area contributed by atoms with Crippen molar-refractivity contribution in [3.8, 4) is 0 Å². The van der Waals surface area contributed by atoms with Gasteiger partial charge in [-0.25, -0.2) is 4.98 Å². The summed E-state index contributed by atoms with van der Waals surface area (Å²) >= 11 is 0. The predicted octanol–water partition coefficient (Wildman–Crippen LogP) is -0.541. The number of rotatable bonds is 1. The molecule has 58 valence electrons. The zero-order chi connectivity index (χ0) is 8.43. The molecule has 0 saturated carbocycles. The number of nitrogens with zero attached hydrogens (tertiary/aromatic N) is 1. The molecule has 0 atom stereocenters. The second-order valence-corrected chi connectivity index (χ2v) is 2.53. The summed E-state index contributed by atoms with van der Waals surface area (Å²) < 4.78 is 0. The molecule has 1 aromatic heterocycles. The fraction of sp³-hybridized carbons (Fsp3) is 0.250. The van der Waals surface area contributed by atoms with E-state index < -0.39 is 0 Å². The molecule has 0 aliphatic carbocycles. The first-order chi connectivity index (χ1) is 5.15. The van der Waals surface area contributed by atoms with Gasteiger partial charge in [0.15, 0.2) is 6.21 Å². The zero-order valence-corrected chi connectivity index (χ0v) is 6.76. The van der Waals surface area contributed by atoms with Crippen molar-refractivity contribution < 1.29 is 5.41 Å².